The molecule has 150 valence electrons. The average molecular weight is 402 g/mol. The van der Waals surface area contributed by atoms with Crippen LogP contribution in [0.3, 0.4) is 0 Å². The Bertz CT molecular complexity index is 1000. The van der Waals surface area contributed by atoms with Crippen molar-refractivity contribution in [3.8, 4) is 11.5 Å². The van der Waals surface area contributed by atoms with E-state index >= 15 is 0 Å². The van der Waals surface area contributed by atoms with Crippen molar-refractivity contribution in [1.29, 1.82) is 0 Å². The molecule has 0 spiro atoms. The van der Waals surface area contributed by atoms with Gasteiger partial charge >= 0.3 is 6.61 Å². The molecule has 0 radical (unpaired) electrons. The number of carboxylic acid groups (broad SMARTS) is 1. The molecule has 0 atom stereocenters. The Labute approximate surface area is 163 Å². The third-order valence-electron chi connectivity index (χ3n) is 3.85. The van der Waals surface area contributed by atoms with Gasteiger partial charge in [0.05, 0.1) is 13.1 Å². The van der Waals surface area contributed by atoms with E-state index in [4.69, 9.17) is 9.47 Å². The first-order valence-electron chi connectivity index (χ1n) is 8.24. The number of carbonyl (C=O) groups is 2. The van der Waals surface area contributed by atoms with Crippen LogP contribution in [0.5, 0.6) is 11.5 Å². The van der Waals surface area contributed by atoms with Gasteiger partial charge in [0.2, 0.25) is 11.7 Å². The van der Waals surface area contributed by atoms with Crippen molar-refractivity contribution in [3.05, 3.63) is 71.3 Å². The van der Waals surface area contributed by atoms with Crippen LogP contribution in [-0.2, 0) is 14.3 Å². The van der Waals surface area contributed by atoms with E-state index in [9.17, 15) is 23.5 Å². The number of para-hydroxylation sites is 2. The minimum absolute atomic E-state index is 0.000754. The number of alkyl halides is 2. The molecule has 0 saturated heterocycles. The molecule has 7 nitrogen and oxygen atoms in total. The van der Waals surface area contributed by atoms with Gasteiger partial charge in [0, 0.05) is 11.3 Å². The van der Waals surface area contributed by atoms with Crippen LogP contribution >= 0.6 is 0 Å². The van der Waals surface area contributed by atoms with Crippen LogP contribution < -0.4 is 19.9 Å². The molecule has 1 heterocycles. The second-order valence-electron chi connectivity index (χ2n) is 5.68. The molecule has 1 aliphatic rings. The topological polar surface area (TPSA) is 96.9 Å². The monoisotopic (exact) mass is 402 g/mol. The fraction of sp³-hybridized carbons (Fsp3) is 0.100. The van der Waals surface area contributed by atoms with Crippen LogP contribution in [-0.4, -0.2) is 25.5 Å². The van der Waals surface area contributed by atoms with Gasteiger partial charge in [0.1, 0.15) is 5.57 Å². The third-order valence-corrected chi connectivity index (χ3v) is 3.85. The van der Waals surface area contributed by atoms with Gasteiger partial charge in [-0.1, -0.05) is 30.3 Å². The fourth-order valence-electron chi connectivity index (χ4n) is 2.62. The zero-order valence-corrected chi connectivity index (χ0v) is 15.0. The van der Waals surface area contributed by atoms with Crippen LogP contribution in [0.2, 0.25) is 0 Å². The SMILES string of the molecule is COc1cccc(/C=C2\OC(Nc3ccccc3)=C(C(=O)[O-])C2=O)c1OC(F)F. The number of hydrogen-bond acceptors (Lipinski definition) is 7. The minimum Gasteiger partial charge on any atom is -0.544 e. The molecule has 0 unspecified atom stereocenters. The van der Waals surface area contributed by atoms with E-state index in [-0.39, 0.29) is 22.9 Å². The average Bonchev–Trinajstić information content (AvgIpc) is 2.98. The van der Waals surface area contributed by atoms with Crippen LogP contribution in [0.15, 0.2) is 65.7 Å². The summed E-state index contributed by atoms with van der Waals surface area (Å²) in [6.07, 6.45) is 1.09. The fourth-order valence-corrected chi connectivity index (χ4v) is 2.62. The van der Waals surface area contributed by atoms with Crippen molar-refractivity contribution in [2.75, 3.05) is 12.4 Å². The number of rotatable bonds is 7. The molecule has 1 N–H and O–H groups in total. The molecule has 0 aliphatic carbocycles. The van der Waals surface area contributed by atoms with Gasteiger partial charge in [-0.3, -0.25) is 4.79 Å². The maximum absolute atomic E-state index is 12.8. The van der Waals surface area contributed by atoms with Crippen molar-refractivity contribution in [2.24, 2.45) is 0 Å². The van der Waals surface area contributed by atoms with Gasteiger partial charge in [-0.15, -0.1) is 0 Å². The van der Waals surface area contributed by atoms with E-state index in [2.05, 4.69) is 10.1 Å². The Balaban J connectivity index is 1.98. The van der Waals surface area contributed by atoms with E-state index in [0.29, 0.717) is 5.69 Å². The Morgan fingerprint density at radius 3 is 2.52 bits per heavy atom. The number of carbonyl (C=O) groups excluding carboxylic acids is 2. The predicted molar refractivity (Wildman–Crippen MR) is 95.8 cm³/mol. The molecule has 0 bridgehead atoms. The zero-order chi connectivity index (χ0) is 21.0. The normalized spacial score (nSPS) is 14.9. The number of halogens is 2. The van der Waals surface area contributed by atoms with Crippen LogP contribution in [0.25, 0.3) is 6.08 Å². The summed E-state index contributed by atoms with van der Waals surface area (Å²) in [5.41, 5.74) is -0.218. The number of ether oxygens (including phenoxy) is 3. The number of methoxy groups -OCH3 is 1. The van der Waals surface area contributed by atoms with Crippen molar-refractivity contribution < 1.29 is 37.7 Å². The molecule has 2 aromatic rings. The summed E-state index contributed by atoms with van der Waals surface area (Å²) in [6.45, 7) is -3.14. The second kappa shape index (κ2) is 8.42. The summed E-state index contributed by atoms with van der Waals surface area (Å²) < 4.78 is 40.4. The molecule has 3 rings (SSSR count). The quantitative estimate of drug-likeness (QED) is 0.561. The lowest BCUT2D eigenvalue weighted by Crippen LogP contribution is -2.28. The molecular formula is C20H14F2NO6-. The maximum atomic E-state index is 12.8. The lowest BCUT2D eigenvalue weighted by atomic mass is 10.1. The largest absolute Gasteiger partial charge is 0.544 e. The standard InChI is InChI=1S/C20H15F2NO6/c1-27-13-9-5-6-11(17(13)29-20(21)22)10-14-16(24)15(19(25)26)18(28-14)23-12-7-3-2-4-8-12/h2-10,20,23H,1H3,(H,25,26)/p-1/b14-10-. The van der Waals surface area contributed by atoms with E-state index in [1.165, 1.54) is 25.3 Å². The van der Waals surface area contributed by atoms with E-state index in [1.807, 2.05) is 0 Å². The number of nitrogens with one attached hydrogen (secondary N) is 1. The third kappa shape index (κ3) is 4.34. The summed E-state index contributed by atoms with van der Waals surface area (Å²) in [5.74, 6) is -3.79. The smallest absolute Gasteiger partial charge is 0.387 e. The van der Waals surface area contributed by atoms with Gasteiger partial charge in [-0.2, -0.15) is 8.78 Å². The van der Waals surface area contributed by atoms with Gasteiger partial charge in [-0.05, 0) is 24.3 Å². The van der Waals surface area contributed by atoms with Crippen LogP contribution in [0.4, 0.5) is 14.5 Å². The number of Topliss-reactive ketones (excluding diaryl/α,β-unsaturated/α-hetero) is 1. The highest BCUT2D eigenvalue weighted by Gasteiger charge is 2.32. The molecule has 9 heteroatoms. The van der Waals surface area contributed by atoms with Crippen LogP contribution in [0, 0.1) is 0 Å². The van der Waals surface area contributed by atoms with Gasteiger partial charge in [-0.25, -0.2) is 0 Å². The Morgan fingerprint density at radius 1 is 1.17 bits per heavy atom. The minimum atomic E-state index is -3.14. The van der Waals surface area contributed by atoms with Crippen molar-refractivity contribution in [2.45, 2.75) is 6.61 Å². The predicted octanol–water partition coefficient (Wildman–Crippen LogP) is 2.31. The summed E-state index contributed by atoms with van der Waals surface area (Å²) in [4.78, 5) is 24.0. The van der Waals surface area contributed by atoms with Gasteiger partial charge < -0.3 is 29.4 Å². The number of benzene rings is 2. The van der Waals surface area contributed by atoms with Crippen molar-refractivity contribution in [1.82, 2.24) is 0 Å². The van der Waals surface area contributed by atoms with Gasteiger partial charge in [0.25, 0.3) is 0 Å². The van der Waals surface area contributed by atoms with Crippen LogP contribution in [0.1, 0.15) is 5.56 Å². The molecule has 29 heavy (non-hydrogen) atoms. The molecular weight excluding hydrogens is 388 g/mol. The number of ketones is 1. The lowest BCUT2D eigenvalue weighted by Gasteiger charge is -2.13. The van der Waals surface area contributed by atoms with Crippen molar-refractivity contribution >= 4 is 23.5 Å². The highest BCUT2D eigenvalue weighted by Crippen LogP contribution is 2.36. The van der Waals surface area contributed by atoms with E-state index in [0.717, 1.165) is 6.08 Å². The first-order valence-corrected chi connectivity index (χ1v) is 8.24. The lowest BCUT2D eigenvalue weighted by molar-refractivity contribution is -0.298. The molecule has 0 amide bonds. The molecule has 1 aliphatic heterocycles. The number of hydrogen-bond donors (Lipinski definition) is 1. The number of anilines is 1. The molecule has 0 saturated carbocycles. The summed E-state index contributed by atoms with van der Waals surface area (Å²) in [5, 5.41) is 14.1. The molecule has 0 fully saturated rings. The summed E-state index contributed by atoms with van der Waals surface area (Å²) in [6, 6.07) is 12.7. The number of allylic oxidation sites excluding steroid dienone is 1. The Morgan fingerprint density at radius 2 is 1.90 bits per heavy atom. The van der Waals surface area contributed by atoms with Crippen molar-refractivity contribution in [3.63, 3.8) is 0 Å². The number of aliphatic carboxylic acids is 1. The Kier molecular flexibility index (Phi) is 5.77. The number of carboxylic acids is 1. The Hall–Kier alpha value is -3.88. The zero-order valence-electron chi connectivity index (χ0n) is 15.0. The highest BCUT2D eigenvalue weighted by atomic mass is 19.3. The summed E-state index contributed by atoms with van der Waals surface area (Å²) in [7, 11) is 1.26. The summed E-state index contributed by atoms with van der Waals surface area (Å²) >= 11 is 0. The highest BCUT2D eigenvalue weighted by molar-refractivity contribution is 6.25. The molecule has 2 aromatic carbocycles. The van der Waals surface area contributed by atoms with E-state index < -0.39 is 29.7 Å². The second-order valence-corrected chi connectivity index (χ2v) is 5.68. The first-order chi connectivity index (χ1) is 13.9. The van der Waals surface area contributed by atoms with E-state index in [1.54, 1.807) is 30.3 Å². The van der Waals surface area contributed by atoms with Gasteiger partial charge in [0.15, 0.2) is 17.3 Å². The maximum Gasteiger partial charge on any atom is 0.387 e. The first kappa shape index (κ1) is 19.9. The molecule has 0 aromatic heterocycles.